The molecule has 0 radical (unpaired) electrons. The van der Waals surface area contributed by atoms with Gasteiger partial charge in [0.1, 0.15) is 11.8 Å². The van der Waals surface area contributed by atoms with Gasteiger partial charge in [0.05, 0.1) is 7.11 Å². The van der Waals surface area contributed by atoms with Crippen molar-refractivity contribution in [1.82, 2.24) is 14.8 Å². The van der Waals surface area contributed by atoms with Gasteiger partial charge in [0.15, 0.2) is 0 Å². The van der Waals surface area contributed by atoms with Gasteiger partial charge in [-0.05, 0) is 58.5 Å². The first-order valence-electron chi connectivity index (χ1n) is 14.5. The van der Waals surface area contributed by atoms with Gasteiger partial charge >= 0.3 is 6.09 Å². The Bertz CT molecular complexity index is 1790. The number of hydrogen-bond acceptors (Lipinski definition) is 4. The number of para-hydroxylation sites is 2. The number of amides is 2. The number of carbonyl (C=O) groups is 2. The lowest BCUT2D eigenvalue weighted by Crippen LogP contribution is -2.48. The van der Waals surface area contributed by atoms with E-state index in [-0.39, 0.29) is 11.9 Å². The Morgan fingerprint density at radius 3 is 2.33 bits per heavy atom. The topological polar surface area (TPSA) is 89.1 Å². The van der Waals surface area contributed by atoms with E-state index in [9.17, 15) is 14.7 Å². The smallest absolute Gasteiger partial charge is 0.407 e. The number of benzene rings is 4. The van der Waals surface area contributed by atoms with E-state index in [1.54, 1.807) is 7.11 Å². The number of fused-ring (bicyclic) bond motifs is 2. The van der Waals surface area contributed by atoms with E-state index in [0.29, 0.717) is 38.3 Å². The van der Waals surface area contributed by atoms with Crippen molar-refractivity contribution < 1.29 is 19.4 Å². The van der Waals surface area contributed by atoms with Gasteiger partial charge < -0.3 is 29.5 Å². The van der Waals surface area contributed by atoms with Gasteiger partial charge in [0.2, 0.25) is 0 Å². The van der Waals surface area contributed by atoms with Crippen LogP contribution in [0.3, 0.4) is 0 Å². The van der Waals surface area contributed by atoms with E-state index >= 15 is 0 Å². The molecule has 3 heterocycles. The van der Waals surface area contributed by atoms with Crippen molar-refractivity contribution in [3.63, 3.8) is 0 Å². The predicted octanol–water partition coefficient (Wildman–Crippen LogP) is 6.39. The summed E-state index contributed by atoms with van der Waals surface area (Å²) in [6.07, 6.45) is -0.865. The van der Waals surface area contributed by atoms with E-state index in [1.807, 2.05) is 53.4 Å². The van der Waals surface area contributed by atoms with Crippen molar-refractivity contribution in [3.8, 4) is 16.9 Å². The quantitative estimate of drug-likeness (QED) is 0.246. The second-order valence-corrected chi connectivity index (χ2v) is 11.1. The highest BCUT2D eigenvalue weighted by molar-refractivity contribution is 6.00. The van der Waals surface area contributed by atoms with Gasteiger partial charge in [-0.1, -0.05) is 60.7 Å². The Morgan fingerprint density at radius 1 is 0.860 bits per heavy atom. The molecule has 8 heteroatoms. The van der Waals surface area contributed by atoms with Crippen LogP contribution in [0.4, 0.5) is 10.5 Å². The Morgan fingerprint density at radius 2 is 1.58 bits per heavy atom. The maximum atomic E-state index is 14.1. The van der Waals surface area contributed by atoms with Crippen LogP contribution in [0, 0.1) is 0 Å². The molecule has 2 N–H and O–H groups in total. The van der Waals surface area contributed by atoms with Crippen LogP contribution in [0.25, 0.3) is 22.0 Å². The normalized spacial score (nSPS) is 15.6. The summed E-state index contributed by atoms with van der Waals surface area (Å²) in [5.41, 5.74) is 7.67. The first-order valence-corrected chi connectivity index (χ1v) is 14.5. The first kappa shape index (κ1) is 26.6. The molecular formula is C35H32N4O4. The Hall–Kier alpha value is -5.24. The third kappa shape index (κ3) is 4.84. The van der Waals surface area contributed by atoms with Crippen molar-refractivity contribution in [2.75, 3.05) is 38.2 Å². The summed E-state index contributed by atoms with van der Waals surface area (Å²) < 4.78 is 5.76. The Kier molecular flexibility index (Phi) is 6.74. The molecule has 2 aliphatic rings. The van der Waals surface area contributed by atoms with Crippen molar-refractivity contribution in [2.24, 2.45) is 0 Å². The monoisotopic (exact) mass is 572 g/mol. The molecule has 1 aromatic heterocycles. The van der Waals surface area contributed by atoms with Gasteiger partial charge in [-0.15, -0.1) is 0 Å². The molecule has 43 heavy (non-hydrogen) atoms. The number of rotatable bonds is 6. The zero-order valence-corrected chi connectivity index (χ0v) is 23.9. The summed E-state index contributed by atoms with van der Waals surface area (Å²) in [6, 6.07) is 32.2. The van der Waals surface area contributed by atoms with Crippen molar-refractivity contribution in [1.29, 1.82) is 0 Å². The van der Waals surface area contributed by atoms with Crippen LogP contribution in [0.15, 0.2) is 97.1 Å². The number of carboxylic acid groups (broad SMARTS) is 1. The number of aromatic nitrogens is 1. The van der Waals surface area contributed by atoms with Crippen LogP contribution in [0.5, 0.6) is 5.75 Å². The number of nitrogens with zero attached hydrogens (tertiary/aromatic N) is 3. The van der Waals surface area contributed by atoms with Crippen LogP contribution in [-0.4, -0.2) is 65.2 Å². The molecule has 7 rings (SSSR count). The average Bonchev–Trinajstić information content (AvgIpc) is 3.62. The summed E-state index contributed by atoms with van der Waals surface area (Å²) in [4.78, 5) is 34.5. The molecule has 5 aromatic rings. The molecular weight excluding hydrogens is 540 g/mol. The van der Waals surface area contributed by atoms with Crippen LogP contribution < -0.4 is 9.64 Å². The minimum Gasteiger partial charge on any atom is -0.496 e. The number of H-pyrrole nitrogens is 1. The number of carbonyl (C=O) groups excluding carboxylic acids is 1. The Labute approximate surface area is 249 Å². The summed E-state index contributed by atoms with van der Waals surface area (Å²) in [5, 5.41) is 10.3. The fourth-order valence-electron chi connectivity index (χ4n) is 6.37. The lowest BCUT2D eigenvalue weighted by molar-refractivity contribution is 0.0726. The zero-order valence-electron chi connectivity index (χ0n) is 23.9. The minimum absolute atomic E-state index is 0.0145. The van der Waals surface area contributed by atoms with Crippen molar-refractivity contribution >= 4 is 28.6 Å². The Balaban J connectivity index is 1.18. The molecule has 1 unspecified atom stereocenters. The van der Waals surface area contributed by atoms with E-state index in [2.05, 4.69) is 58.4 Å². The van der Waals surface area contributed by atoms with Gasteiger partial charge in [-0.3, -0.25) is 4.79 Å². The van der Waals surface area contributed by atoms with Crippen LogP contribution in [0.1, 0.15) is 33.2 Å². The first-order chi connectivity index (χ1) is 21.0. The second kappa shape index (κ2) is 10.9. The third-order valence-corrected chi connectivity index (χ3v) is 8.65. The molecule has 1 fully saturated rings. The molecule has 1 atom stereocenters. The molecule has 2 amide bonds. The number of piperazine rings is 1. The molecule has 0 bridgehead atoms. The van der Waals surface area contributed by atoms with Gasteiger partial charge in [0, 0.05) is 60.7 Å². The fraction of sp³-hybridized carbons (Fsp3) is 0.200. The molecule has 1 saturated heterocycles. The van der Waals surface area contributed by atoms with E-state index < -0.39 is 6.09 Å². The molecule has 8 nitrogen and oxygen atoms in total. The van der Waals surface area contributed by atoms with E-state index in [0.717, 1.165) is 50.3 Å². The highest BCUT2D eigenvalue weighted by Gasteiger charge is 2.36. The third-order valence-electron chi connectivity index (χ3n) is 8.65. The van der Waals surface area contributed by atoms with Crippen LogP contribution in [-0.2, 0) is 6.54 Å². The number of hydrogen-bond donors (Lipinski definition) is 2. The number of anilines is 1. The fourth-order valence-corrected chi connectivity index (χ4v) is 6.37. The summed E-state index contributed by atoms with van der Waals surface area (Å²) in [5.74, 6) is 0.722. The predicted molar refractivity (Wildman–Crippen MR) is 167 cm³/mol. The standard InChI is InChI=1S/C35H32N4O4/c1-43-32-9-5-3-7-28(32)33(31-21-25-6-2-4-8-30(25)36-31)39-22-26-11-10-24(20-29(26)34(39)40)23-12-14-27(15-13-23)37-16-18-38(19-17-37)35(41)42/h2-15,20-21,33,36H,16-19,22H2,1H3,(H,41,42). The molecule has 216 valence electrons. The average molecular weight is 573 g/mol. The maximum absolute atomic E-state index is 14.1. The van der Waals surface area contributed by atoms with Gasteiger partial charge in [-0.25, -0.2) is 4.79 Å². The van der Waals surface area contributed by atoms with Gasteiger partial charge in [-0.2, -0.15) is 0 Å². The molecule has 0 aliphatic carbocycles. The highest BCUT2D eigenvalue weighted by Crippen LogP contribution is 2.41. The molecule has 4 aromatic carbocycles. The summed E-state index contributed by atoms with van der Waals surface area (Å²) in [7, 11) is 1.66. The molecule has 0 saturated carbocycles. The SMILES string of the molecule is COc1ccccc1C(c1cc2ccccc2[nH]1)N1Cc2ccc(-c3ccc(N4CCN(C(=O)O)CC4)cc3)cc2C1=O. The minimum atomic E-state index is -0.865. The maximum Gasteiger partial charge on any atom is 0.407 e. The highest BCUT2D eigenvalue weighted by atomic mass is 16.5. The molecule has 2 aliphatic heterocycles. The second-order valence-electron chi connectivity index (χ2n) is 11.1. The molecule has 0 spiro atoms. The lowest BCUT2D eigenvalue weighted by atomic mass is 10.00. The van der Waals surface area contributed by atoms with Crippen molar-refractivity contribution in [2.45, 2.75) is 12.6 Å². The van der Waals surface area contributed by atoms with Gasteiger partial charge in [0.25, 0.3) is 5.91 Å². The van der Waals surface area contributed by atoms with Crippen LogP contribution >= 0.6 is 0 Å². The van der Waals surface area contributed by atoms with Crippen LogP contribution in [0.2, 0.25) is 0 Å². The zero-order chi connectivity index (χ0) is 29.5. The lowest BCUT2D eigenvalue weighted by Gasteiger charge is -2.34. The summed E-state index contributed by atoms with van der Waals surface area (Å²) >= 11 is 0. The largest absolute Gasteiger partial charge is 0.496 e. The number of methoxy groups -OCH3 is 1. The summed E-state index contributed by atoms with van der Waals surface area (Å²) in [6.45, 7) is 2.81. The van der Waals surface area contributed by atoms with E-state index in [4.69, 9.17) is 4.74 Å². The van der Waals surface area contributed by atoms with Crippen molar-refractivity contribution in [3.05, 3.63) is 119 Å². The number of ether oxygens (including phenoxy) is 1. The number of aromatic amines is 1. The number of nitrogens with one attached hydrogen (secondary N) is 1. The van der Waals surface area contributed by atoms with E-state index in [1.165, 1.54) is 4.90 Å².